The van der Waals surface area contributed by atoms with E-state index >= 15 is 0 Å². The van der Waals surface area contributed by atoms with Crippen molar-refractivity contribution in [2.24, 2.45) is 0 Å². The summed E-state index contributed by atoms with van der Waals surface area (Å²) in [6.45, 7) is 2.44. The Morgan fingerprint density at radius 3 is 2.81 bits per heavy atom. The number of hydrogen-bond donors (Lipinski definition) is 0. The number of benzene rings is 1. The van der Waals surface area contributed by atoms with Crippen LogP contribution in [0.15, 0.2) is 51.5 Å². The summed E-state index contributed by atoms with van der Waals surface area (Å²) >= 11 is 1.42. The van der Waals surface area contributed by atoms with Crippen molar-refractivity contribution in [1.82, 2.24) is 9.88 Å². The van der Waals surface area contributed by atoms with Gasteiger partial charge in [0.05, 0.1) is 27.7 Å². The quantitative estimate of drug-likeness (QED) is 0.660. The van der Waals surface area contributed by atoms with Gasteiger partial charge in [-0.1, -0.05) is 6.07 Å². The number of thiazole rings is 1. The number of carbonyl (C=O) groups is 1. The Morgan fingerprint density at radius 1 is 1.26 bits per heavy atom. The molecule has 1 saturated heterocycles. The summed E-state index contributed by atoms with van der Waals surface area (Å²) in [4.78, 5) is 19.0. The fourth-order valence-corrected chi connectivity index (χ4v) is 6.80. The Balaban J connectivity index is 1.52. The lowest BCUT2D eigenvalue weighted by atomic mass is 9.95. The zero-order chi connectivity index (χ0) is 18.8. The molecule has 138 valence electrons. The number of aryl methyl sites for hydroxylation is 1. The van der Waals surface area contributed by atoms with E-state index < -0.39 is 15.1 Å². The molecule has 8 heteroatoms. The van der Waals surface area contributed by atoms with Gasteiger partial charge in [-0.05, 0) is 36.2 Å². The van der Waals surface area contributed by atoms with Crippen LogP contribution in [0, 0.1) is 6.92 Å². The number of hydrogen-bond acceptors (Lipinski definition) is 6. The molecule has 2 aliphatic heterocycles. The molecule has 0 N–H and O–H groups in total. The van der Waals surface area contributed by atoms with E-state index in [-0.39, 0.29) is 18.4 Å². The van der Waals surface area contributed by atoms with E-state index in [9.17, 15) is 13.2 Å². The highest BCUT2D eigenvalue weighted by atomic mass is 32.2. The molecule has 2 aromatic heterocycles. The van der Waals surface area contributed by atoms with Gasteiger partial charge in [0.1, 0.15) is 5.69 Å². The number of fused-ring (bicyclic) bond motifs is 3. The van der Waals surface area contributed by atoms with E-state index in [2.05, 4.69) is 4.98 Å². The fourth-order valence-electron chi connectivity index (χ4n) is 4.05. The van der Waals surface area contributed by atoms with Crippen molar-refractivity contribution in [2.75, 3.05) is 13.1 Å². The average molecular weight is 400 g/mol. The summed E-state index contributed by atoms with van der Waals surface area (Å²) in [5, 5.41) is 1.96. The molecular weight excluding hydrogens is 384 g/mol. The molecule has 6 nitrogen and oxygen atoms in total. The van der Waals surface area contributed by atoms with Gasteiger partial charge in [0, 0.05) is 30.0 Å². The lowest BCUT2D eigenvalue weighted by molar-refractivity contribution is 0.0785. The Bertz CT molecular complexity index is 1150. The van der Waals surface area contributed by atoms with Crippen LogP contribution in [-0.2, 0) is 9.84 Å². The van der Waals surface area contributed by atoms with Crippen molar-refractivity contribution in [1.29, 1.82) is 0 Å². The van der Waals surface area contributed by atoms with Gasteiger partial charge >= 0.3 is 0 Å². The number of rotatable bonds is 2. The van der Waals surface area contributed by atoms with Crippen LogP contribution < -0.4 is 0 Å². The molecule has 27 heavy (non-hydrogen) atoms. The third kappa shape index (κ3) is 2.47. The molecule has 0 aliphatic carbocycles. The second-order valence-corrected chi connectivity index (χ2v) is 10.1. The van der Waals surface area contributed by atoms with Crippen molar-refractivity contribution in [3.63, 3.8) is 0 Å². The second kappa shape index (κ2) is 5.77. The number of aromatic nitrogens is 1. The first-order valence-corrected chi connectivity index (χ1v) is 11.0. The van der Waals surface area contributed by atoms with Crippen molar-refractivity contribution in [3.05, 3.63) is 58.4 Å². The fraction of sp³-hybridized carbons (Fsp3) is 0.263. The normalized spacial score (nSPS) is 22.6. The first-order valence-electron chi connectivity index (χ1n) is 8.57. The maximum atomic E-state index is 13.0. The number of carbonyl (C=O) groups excluding carboxylic acids is 1. The number of furan rings is 1. The summed E-state index contributed by atoms with van der Waals surface area (Å²) in [5.74, 6) is -0.406. The first-order chi connectivity index (χ1) is 12.9. The zero-order valence-corrected chi connectivity index (χ0v) is 16.1. The number of sulfone groups is 1. The Labute approximate surface area is 160 Å². The molecule has 0 unspecified atom stereocenters. The molecule has 2 atom stereocenters. The molecule has 4 heterocycles. The standard InChI is InChI=1S/C19H16N2O4S2/c1-11-20-16(10-26-11)19(22)21-7-15-14-6-12(13-4-5-25-9-13)2-3-17(14)27(23,24)18(15)8-21/h2-6,9-10,15,18H,7-8H2,1H3/t15-,18-/m1/s1. The highest BCUT2D eigenvalue weighted by Crippen LogP contribution is 2.46. The van der Waals surface area contributed by atoms with E-state index in [0.29, 0.717) is 17.1 Å². The highest BCUT2D eigenvalue weighted by Gasteiger charge is 2.51. The number of likely N-dealkylation sites (tertiary alicyclic amines) is 1. The van der Waals surface area contributed by atoms with Gasteiger partial charge in [0.2, 0.25) is 0 Å². The van der Waals surface area contributed by atoms with Crippen LogP contribution in [0.1, 0.15) is 27.0 Å². The third-order valence-corrected chi connectivity index (χ3v) is 8.39. The van der Waals surface area contributed by atoms with Crippen LogP contribution >= 0.6 is 11.3 Å². The molecule has 2 aliphatic rings. The lowest BCUT2D eigenvalue weighted by Gasteiger charge is -2.16. The third-order valence-electron chi connectivity index (χ3n) is 5.36. The summed E-state index contributed by atoms with van der Waals surface area (Å²) in [6.07, 6.45) is 3.23. The van der Waals surface area contributed by atoms with Gasteiger partial charge in [0.25, 0.3) is 5.91 Å². The van der Waals surface area contributed by atoms with E-state index in [4.69, 9.17) is 4.42 Å². The van der Waals surface area contributed by atoms with Crippen molar-refractivity contribution in [2.45, 2.75) is 23.0 Å². The molecule has 5 rings (SSSR count). The van der Waals surface area contributed by atoms with Crippen LogP contribution in [-0.4, -0.2) is 42.5 Å². The molecule has 0 bridgehead atoms. The van der Waals surface area contributed by atoms with E-state index in [1.165, 1.54) is 11.3 Å². The molecule has 0 saturated carbocycles. The molecule has 1 amide bonds. The summed E-state index contributed by atoms with van der Waals surface area (Å²) in [6, 6.07) is 7.26. The van der Waals surface area contributed by atoms with Crippen LogP contribution in [0.25, 0.3) is 11.1 Å². The van der Waals surface area contributed by atoms with Gasteiger partial charge in [-0.3, -0.25) is 4.79 Å². The van der Waals surface area contributed by atoms with E-state index in [1.54, 1.807) is 28.9 Å². The summed E-state index contributed by atoms with van der Waals surface area (Å²) in [7, 11) is -3.45. The molecule has 0 radical (unpaired) electrons. The molecular formula is C19H16N2O4S2. The number of nitrogens with zero attached hydrogens (tertiary/aromatic N) is 2. The molecule has 1 fully saturated rings. The van der Waals surface area contributed by atoms with Crippen LogP contribution in [0.4, 0.5) is 0 Å². The minimum Gasteiger partial charge on any atom is -0.472 e. The van der Waals surface area contributed by atoms with Gasteiger partial charge in [0.15, 0.2) is 9.84 Å². The van der Waals surface area contributed by atoms with Crippen molar-refractivity contribution >= 4 is 27.1 Å². The molecule has 3 aromatic rings. The maximum absolute atomic E-state index is 13.0. The first kappa shape index (κ1) is 16.7. The smallest absolute Gasteiger partial charge is 0.273 e. The minimum atomic E-state index is -3.45. The van der Waals surface area contributed by atoms with E-state index in [0.717, 1.165) is 21.7 Å². The molecule has 1 aromatic carbocycles. The van der Waals surface area contributed by atoms with Gasteiger partial charge < -0.3 is 9.32 Å². The second-order valence-electron chi connectivity index (χ2n) is 6.92. The SMILES string of the molecule is Cc1nc(C(=O)N2C[C@@H]3c4cc(-c5ccoc5)ccc4S(=O)(=O)[C@@H]3C2)cs1. The van der Waals surface area contributed by atoms with Gasteiger partial charge in [-0.15, -0.1) is 11.3 Å². The Morgan fingerprint density at radius 2 is 2.11 bits per heavy atom. The number of amides is 1. The monoisotopic (exact) mass is 400 g/mol. The Hall–Kier alpha value is -2.45. The molecule has 0 spiro atoms. The predicted octanol–water partition coefficient (Wildman–Crippen LogP) is 3.11. The summed E-state index contributed by atoms with van der Waals surface area (Å²) in [5.41, 5.74) is 3.01. The minimum absolute atomic E-state index is 0.198. The topological polar surface area (TPSA) is 80.5 Å². The van der Waals surface area contributed by atoms with Crippen LogP contribution in [0.5, 0.6) is 0 Å². The van der Waals surface area contributed by atoms with Crippen LogP contribution in [0.2, 0.25) is 0 Å². The maximum Gasteiger partial charge on any atom is 0.273 e. The average Bonchev–Trinajstić information content (AvgIpc) is 3.41. The zero-order valence-electron chi connectivity index (χ0n) is 14.5. The van der Waals surface area contributed by atoms with Crippen LogP contribution in [0.3, 0.4) is 0 Å². The van der Waals surface area contributed by atoms with Gasteiger partial charge in [-0.25, -0.2) is 13.4 Å². The van der Waals surface area contributed by atoms with Gasteiger partial charge in [-0.2, -0.15) is 0 Å². The summed E-state index contributed by atoms with van der Waals surface area (Å²) < 4.78 is 31.1. The van der Waals surface area contributed by atoms with Crippen molar-refractivity contribution < 1.29 is 17.6 Å². The van der Waals surface area contributed by atoms with E-state index in [1.807, 2.05) is 25.1 Å². The highest BCUT2D eigenvalue weighted by molar-refractivity contribution is 7.92. The predicted molar refractivity (Wildman–Crippen MR) is 101 cm³/mol. The Kier molecular flexibility index (Phi) is 3.57. The lowest BCUT2D eigenvalue weighted by Crippen LogP contribution is -2.31. The van der Waals surface area contributed by atoms with Crippen molar-refractivity contribution in [3.8, 4) is 11.1 Å². The largest absolute Gasteiger partial charge is 0.472 e.